The highest BCUT2D eigenvalue weighted by atomic mass is 28.4. The van der Waals surface area contributed by atoms with Crippen molar-refractivity contribution >= 4 is 14.3 Å². The lowest BCUT2D eigenvalue weighted by atomic mass is 10.4. The van der Waals surface area contributed by atoms with Gasteiger partial charge in [0.05, 0.1) is 0 Å². The summed E-state index contributed by atoms with van der Waals surface area (Å²) in [5, 5.41) is 0. The molecule has 0 aliphatic heterocycles. The first-order chi connectivity index (χ1) is 4.89. The maximum absolute atomic E-state index is 11.0. The fourth-order valence-electron chi connectivity index (χ4n) is 0.410. The molecule has 64 valence electrons. The summed E-state index contributed by atoms with van der Waals surface area (Å²) in [6.45, 7) is 11.3. The first-order valence-electron chi connectivity index (χ1n) is 3.78. The van der Waals surface area contributed by atoms with E-state index in [0.29, 0.717) is 5.57 Å². The Morgan fingerprint density at radius 2 is 2.00 bits per heavy atom. The molecule has 2 nitrogen and oxygen atoms in total. The minimum absolute atomic E-state index is 0.247. The SMILES string of the molecule is C=C(C)C(=O)O[Si](C)(C)CC. The molecule has 0 radical (unpaired) electrons. The molecular weight excluding hydrogens is 156 g/mol. The van der Waals surface area contributed by atoms with E-state index < -0.39 is 8.32 Å². The second-order valence-electron chi connectivity index (χ2n) is 3.28. The Morgan fingerprint density at radius 3 is 2.27 bits per heavy atom. The molecule has 0 spiro atoms. The number of hydrogen-bond donors (Lipinski definition) is 0. The van der Waals surface area contributed by atoms with Crippen LogP contribution in [0.15, 0.2) is 12.2 Å². The van der Waals surface area contributed by atoms with Crippen molar-refractivity contribution in [3.8, 4) is 0 Å². The van der Waals surface area contributed by atoms with E-state index >= 15 is 0 Å². The van der Waals surface area contributed by atoms with Crippen molar-refractivity contribution in [2.75, 3.05) is 0 Å². The molecule has 0 N–H and O–H groups in total. The van der Waals surface area contributed by atoms with Crippen LogP contribution < -0.4 is 0 Å². The van der Waals surface area contributed by atoms with E-state index in [0.717, 1.165) is 6.04 Å². The van der Waals surface area contributed by atoms with Crippen LogP contribution in [0.5, 0.6) is 0 Å². The normalized spacial score (nSPS) is 10.9. The highest BCUT2D eigenvalue weighted by molar-refractivity contribution is 6.72. The Morgan fingerprint density at radius 1 is 1.55 bits per heavy atom. The predicted octanol–water partition coefficient (Wildman–Crippen LogP) is 2.33. The van der Waals surface area contributed by atoms with Crippen LogP contribution in [0, 0.1) is 0 Å². The van der Waals surface area contributed by atoms with Crippen LogP contribution in [0.2, 0.25) is 19.1 Å². The van der Waals surface area contributed by atoms with Crippen molar-refractivity contribution in [2.45, 2.75) is 33.0 Å². The van der Waals surface area contributed by atoms with E-state index in [2.05, 4.69) is 6.58 Å². The molecule has 0 saturated heterocycles. The summed E-state index contributed by atoms with van der Waals surface area (Å²) < 4.78 is 5.25. The maximum Gasteiger partial charge on any atom is 0.319 e. The summed E-state index contributed by atoms with van der Waals surface area (Å²) in [6.07, 6.45) is 0. The van der Waals surface area contributed by atoms with Crippen molar-refractivity contribution in [1.29, 1.82) is 0 Å². The molecule has 0 heterocycles. The van der Waals surface area contributed by atoms with E-state index in [1.165, 1.54) is 0 Å². The highest BCUT2D eigenvalue weighted by Crippen LogP contribution is 2.11. The maximum atomic E-state index is 11.0. The molecule has 0 aromatic rings. The first kappa shape index (κ1) is 10.4. The van der Waals surface area contributed by atoms with Gasteiger partial charge in [0.1, 0.15) is 0 Å². The van der Waals surface area contributed by atoms with Crippen molar-refractivity contribution in [3.63, 3.8) is 0 Å². The van der Waals surface area contributed by atoms with Crippen LogP contribution in [-0.2, 0) is 9.22 Å². The van der Waals surface area contributed by atoms with Gasteiger partial charge >= 0.3 is 5.97 Å². The first-order valence-corrected chi connectivity index (χ1v) is 6.89. The molecular formula is C8H16O2Si. The standard InChI is InChI=1S/C8H16O2Si/c1-6-11(4,5)10-8(9)7(2)3/h2,6H2,1,3-5H3. The van der Waals surface area contributed by atoms with Crippen molar-refractivity contribution in [1.82, 2.24) is 0 Å². The van der Waals surface area contributed by atoms with Gasteiger partial charge in [-0.1, -0.05) is 13.5 Å². The van der Waals surface area contributed by atoms with Crippen molar-refractivity contribution in [3.05, 3.63) is 12.2 Å². The Balaban J connectivity index is 4.04. The van der Waals surface area contributed by atoms with Gasteiger partial charge in [0.2, 0.25) is 8.32 Å². The van der Waals surface area contributed by atoms with Gasteiger partial charge < -0.3 is 4.43 Å². The summed E-state index contributed by atoms with van der Waals surface area (Å²) in [4.78, 5) is 11.0. The molecule has 11 heavy (non-hydrogen) atoms. The van der Waals surface area contributed by atoms with Gasteiger partial charge in [-0.15, -0.1) is 0 Å². The lowest BCUT2D eigenvalue weighted by Crippen LogP contribution is -2.32. The zero-order valence-electron chi connectivity index (χ0n) is 7.73. The summed E-state index contributed by atoms with van der Waals surface area (Å²) in [7, 11) is -1.71. The second-order valence-corrected chi connectivity index (χ2v) is 7.71. The summed E-state index contributed by atoms with van der Waals surface area (Å²) in [6, 6.07) is 0.950. The average Bonchev–Trinajstić information content (AvgIpc) is 1.87. The quantitative estimate of drug-likeness (QED) is 0.482. The van der Waals surface area contributed by atoms with Crippen LogP contribution in [0.1, 0.15) is 13.8 Å². The van der Waals surface area contributed by atoms with E-state index in [9.17, 15) is 4.79 Å². The summed E-state index contributed by atoms with van der Waals surface area (Å²) >= 11 is 0. The lowest BCUT2D eigenvalue weighted by Gasteiger charge is -2.20. The smallest absolute Gasteiger partial charge is 0.319 e. The Kier molecular flexibility index (Phi) is 3.52. The molecule has 0 aliphatic carbocycles. The summed E-state index contributed by atoms with van der Waals surface area (Å²) in [5.41, 5.74) is 0.485. The third kappa shape index (κ3) is 3.98. The molecule has 0 atom stereocenters. The Labute approximate surface area is 69.4 Å². The molecule has 3 heteroatoms. The zero-order valence-corrected chi connectivity index (χ0v) is 8.73. The summed E-state index contributed by atoms with van der Waals surface area (Å²) in [5.74, 6) is -0.247. The molecule has 0 amide bonds. The van der Waals surface area contributed by atoms with Crippen LogP contribution >= 0.6 is 0 Å². The topological polar surface area (TPSA) is 26.3 Å². The molecule has 0 rings (SSSR count). The third-order valence-electron chi connectivity index (χ3n) is 1.57. The van der Waals surface area contributed by atoms with Crippen LogP contribution in [0.4, 0.5) is 0 Å². The Bertz CT molecular complexity index is 173. The fourth-order valence-corrected chi connectivity index (χ4v) is 1.23. The van der Waals surface area contributed by atoms with E-state index in [1.54, 1.807) is 6.92 Å². The fraction of sp³-hybridized carbons (Fsp3) is 0.625. The molecule has 0 aromatic heterocycles. The predicted molar refractivity (Wildman–Crippen MR) is 48.9 cm³/mol. The molecule has 0 saturated carbocycles. The van der Waals surface area contributed by atoms with Crippen LogP contribution in [-0.4, -0.2) is 14.3 Å². The molecule has 0 aliphatic rings. The zero-order chi connectivity index (χ0) is 9.07. The van der Waals surface area contributed by atoms with E-state index in [-0.39, 0.29) is 5.97 Å². The minimum Gasteiger partial charge on any atom is -0.516 e. The van der Waals surface area contributed by atoms with Gasteiger partial charge in [0, 0.05) is 5.57 Å². The highest BCUT2D eigenvalue weighted by Gasteiger charge is 2.24. The number of hydrogen-bond acceptors (Lipinski definition) is 2. The molecule has 0 unspecified atom stereocenters. The molecule has 0 bridgehead atoms. The van der Waals surface area contributed by atoms with E-state index in [1.807, 2.05) is 20.0 Å². The Hall–Kier alpha value is -0.573. The number of carbonyl (C=O) groups is 1. The van der Waals surface area contributed by atoms with Gasteiger partial charge in [-0.25, -0.2) is 4.79 Å². The third-order valence-corrected chi connectivity index (χ3v) is 4.01. The van der Waals surface area contributed by atoms with Gasteiger partial charge in [0.15, 0.2) is 0 Å². The van der Waals surface area contributed by atoms with Crippen molar-refractivity contribution in [2.24, 2.45) is 0 Å². The molecule has 0 aromatic carbocycles. The lowest BCUT2D eigenvalue weighted by molar-refractivity contribution is -0.130. The van der Waals surface area contributed by atoms with Crippen LogP contribution in [0.3, 0.4) is 0 Å². The monoisotopic (exact) mass is 172 g/mol. The van der Waals surface area contributed by atoms with Gasteiger partial charge in [-0.2, -0.15) is 0 Å². The number of carbonyl (C=O) groups excluding carboxylic acids is 1. The molecule has 0 fully saturated rings. The van der Waals surface area contributed by atoms with Gasteiger partial charge in [0.25, 0.3) is 0 Å². The second kappa shape index (κ2) is 3.71. The van der Waals surface area contributed by atoms with E-state index in [4.69, 9.17) is 4.43 Å². The largest absolute Gasteiger partial charge is 0.516 e. The minimum atomic E-state index is -1.71. The van der Waals surface area contributed by atoms with Crippen molar-refractivity contribution < 1.29 is 9.22 Å². The van der Waals surface area contributed by atoms with Gasteiger partial charge in [-0.3, -0.25) is 0 Å². The average molecular weight is 172 g/mol. The van der Waals surface area contributed by atoms with Crippen LogP contribution in [0.25, 0.3) is 0 Å². The van der Waals surface area contributed by atoms with Gasteiger partial charge in [-0.05, 0) is 26.1 Å². The number of rotatable bonds is 3.